The van der Waals surface area contributed by atoms with Crippen LogP contribution >= 0.6 is 11.3 Å². The molecule has 1 aliphatic rings. The van der Waals surface area contributed by atoms with E-state index in [1.54, 1.807) is 11.3 Å². The highest BCUT2D eigenvalue weighted by Gasteiger charge is 2.18. The summed E-state index contributed by atoms with van der Waals surface area (Å²) in [5.74, 6) is 1.60. The van der Waals surface area contributed by atoms with Crippen molar-refractivity contribution >= 4 is 17.2 Å². The van der Waals surface area contributed by atoms with Crippen molar-refractivity contribution in [3.8, 4) is 11.5 Å². The summed E-state index contributed by atoms with van der Waals surface area (Å²) < 4.78 is 5.68. The van der Waals surface area contributed by atoms with Crippen molar-refractivity contribution in [1.29, 1.82) is 0 Å². The molecule has 0 spiro atoms. The fraction of sp³-hybridized carbons (Fsp3) is 0.478. The van der Waals surface area contributed by atoms with Crippen molar-refractivity contribution < 1.29 is 9.21 Å². The second-order valence-corrected chi connectivity index (χ2v) is 8.91. The summed E-state index contributed by atoms with van der Waals surface area (Å²) in [5, 5.41) is 14.4. The van der Waals surface area contributed by atoms with Gasteiger partial charge in [-0.25, -0.2) is 4.98 Å². The molecule has 1 aliphatic carbocycles. The number of amides is 1. The van der Waals surface area contributed by atoms with Gasteiger partial charge in [0.25, 0.3) is 0 Å². The van der Waals surface area contributed by atoms with Gasteiger partial charge in [0, 0.05) is 42.7 Å². The predicted molar refractivity (Wildman–Crippen MR) is 117 cm³/mol. The Labute approximate surface area is 181 Å². The average molecular weight is 425 g/mol. The van der Waals surface area contributed by atoms with Crippen LogP contribution in [0.15, 0.2) is 34.1 Å². The van der Waals surface area contributed by atoms with Gasteiger partial charge in [-0.1, -0.05) is 37.0 Å². The molecule has 1 fully saturated rings. The zero-order valence-corrected chi connectivity index (χ0v) is 18.2. The average Bonchev–Trinajstić information content (AvgIpc) is 3.43. The zero-order chi connectivity index (χ0) is 20.8. The second-order valence-electron chi connectivity index (χ2n) is 7.97. The van der Waals surface area contributed by atoms with Crippen molar-refractivity contribution in [2.75, 3.05) is 6.54 Å². The molecule has 0 atom stereocenters. The van der Waals surface area contributed by atoms with E-state index in [-0.39, 0.29) is 5.91 Å². The number of carbonyl (C=O) groups excluding carboxylic acids is 1. The smallest absolute Gasteiger partial charge is 0.247 e. The van der Waals surface area contributed by atoms with Crippen LogP contribution in [0.5, 0.6) is 0 Å². The minimum atomic E-state index is -0.00542. The number of nitrogens with zero attached hydrogens (tertiary/aromatic N) is 3. The molecule has 0 radical (unpaired) electrons. The topological polar surface area (TPSA) is 80.9 Å². The molecular formula is C23H28N4O2S. The molecule has 4 rings (SSSR count). The van der Waals surface area contributed by atoms with Crippen LogP contribution in [0.1, 0.15) is 66.6 Å². The van der Waals surface area contributed by atoms with Crippen LogP contribution in [-0.4, -0.2) is 27.6 Å². The molecule has 0 saturated heterocycles. The maximum absolute atomic E-state index is 12.2. The maximum atomic E-state index is 12.2. The highest BCUT2D eigenvalue weighted by molar-refractivity contribution is 7.09. The Morgan fingerprint density at radius 1 is 1.13 bits per heavy atom. The first-order chi connectivity index (χ1) is 14.7. The Balaban J connectivity index is 1.18. The summed E-state index contributed by atoms with van der Waals surface area (Å²) in [6.45, 7) is 2.64. The van der Waals surface area contributed by atoms with Crippen LogP contribution in [0.3, 0.4) is 0 Å². The van der Waals surface area contributed by atoms with E-state index in [1.807, 2.05) is 31.2 Å². The molecule has 7 heteroatoms. The molecule has 2 heterocycles. The highest BCUT2D eigenvalue weighted by atomic mass is 32.1. The number of rotatable bonds is 8. The molecule has 3 aromatic rings. The quantitative estimate of drug-likeness (QED) is 0.559. The first kappa shape index (κ1) is 20.7. The van der Waals surface area contributed by atoms with Gasteiger partial charge in [0.15, 0.2) is 0 Å². The lowest BCUT2D eigenvalue weighted by Crippen LogP contribution is -2.25. The SMILES string of the molecule is Cc1ccc(-c2nnc(CCC(=O)NCCc3nc(C4CCCCC4)cs3)o2)cc1. The van der Waals surface area contributed by atoms with E-state index >= 15 is 0 Å². The third kappa shape index (κ3) is 5.53. The van der Waals surface area contributed by atoms with Crippen molar-refractivity contribution in [3.05, 3.63) is 51.8 Å². The van der Waals surface area contributed by atoms with Crippen LogP contribution in [0.2, 0.25) is 0 Å². The van der Waals surface area contributed by atoms with Crippen LogP contribution in [0.25, 0.3) is 11.5 Å². The van der Waals surface area contributed by atoms with Gasteiger partial charge in [0.05, 0.1) is 10.7 Å². The monoisotopic (exact) mass is 424 g/mol. The van der Waals surface area contributed by atoms with Gasteiger partial charge in [-0.3, -0.25) is 4.79 Å². The highest BCUT2D eigenvalue weighted by Crippen LogP contribution is 2.33. The summed E-state index contributed by atoms with van der Waals surface area (Å²) in [4.78, 5) is 17.0. The number of nitrogens with one attached hydrogen (secondary N) is 1. The van der Waals surface area contributed by atoms with Gasteiger partial charge in [-0.15, -0.1) is 21.5 Å². The van der Waals surface area contributed by atoms with Crippen molar-refractivity contribution in [3.63, 3.8) is 0 Å². The van der Waals surface area contributed by atoms with Crippen molar-refractivity contribution in [2.45, 2.75) is 64.2 Å². The molecule has 158 valence electrons. The summed E-state index contributed by atoms with van der Waals surface area (Å²) in [7, 11) is 0. The fourth-order valence-electron chi connectivity index (χ4n) is 3.81. The maximum Gasteiger partial charge on any atom is 0.247 e. The Bertz CT molecular complexity index is 958. The molecule has 1 N–H and O–H groups in total. The molecule has 2 aromatic heterocycles. The van der Waals surface area contributed by atoms with Crippen LogP contribution in [0.4, 0.5) is 0 Å². The van der Waals surface area contributed by atoms with Crippen molar-refractivity contribution in [2.24, 2.45) is 0 Å². The molecule has 30 heavy (non-hydrogen) atoms. The van der Waals surface area contributed by atoms with Gasteiger partial charge < -0.3 is 9.73 Å². The number of aromatic nitrogens is 3. The number of benzene rings is 1. The van der Waals surface area contributed by atoms with E-state index in [4.69, 9.17) is 9.40 Å². The number of thiazole rings is 1. The van der Waals surface area contributed by atoms with E-state index in [0.29, 0.717) is 37.1 Å². The number of hydrogen-bond acceptors (Lipinski definition) is 6. The van der Waals surface area contributed by atoms with E-state index < -0.39 is 0 Å². The standard InChI is InChI=1S/C23H28N4O2S/c1-16-7-9-18(10-8-16)23-27-26-21(29-23)12-11-20(28)24-14-13-22-25-19(15-30-22)17-5-3-2-4-6-17/h7-10,15,17H,2-6,11-14H2,1H3,(H,24,28). The van der Waals surface area contributed by atoms with Gasteiger partial charge in [0.2, 0.25) is 17.7 Å². The first-order valence-corrected chi connectivity index (χ1v) is 11.7. The van der Waals surface area contributed by atoms with E-state index in [9.17, 15) is 4.79 Å². The normalized spacial score (nSPS) is 14.7. The molecule has 0 aliphatic heterocycles. The summed E-state index contributed by atoms with van der Waals surface area (Å²) in [5.41, 5.74) is 3.32. The zero-order valence-electron chi connectivity index (χ0n) is 17.4. The molecule has 6 nitrogen and oxygen atoms in total. The molecule has 1 amide bonds. The van der Waals surface area contributed by atoms with Crippen LogP contribution < -0.4 is 5.32 Å². The minimum absolute atomic E-state index is 0.00542. The number of carbonyl (C=O) groups is 1. The number of hydrogen-bond donors (Lipinski definition) is 1. The number of aryl methyl sites for hydroxylation is 2. The lowest BCUT2D eigenvalue weighted by Gasteiger charge is -2.19. The first-order valence-electron chi connectivity index (χ1n) is 10.8. The molecular weight excluding hydrogens is 396 g/mol. The third-order valence-electron chi connectivity index (χ3n) is 5.59. The molecule has 1 saturated carbocycles. The van der Waals surface area contributed by atoms with E-state index in [1.165, 1.54) is 43.4 Å². The van der Waals surface area contributed by atoms with Gasteiger partial charge >= 0.3 is 0 Å². The molecule has 0 unspecified atom stereocenters. The van der Waals surface area contributed by atoms with Crippen LogP contribution in [0, 0.1) is 6.92 Å². The molecule has 0 bridgehead atoms. The van der Waals surface area contributed by atoms with Gasteiger partial charge in [-0.05, 0) is 31.9 Å². The minimum Gasteiger partial charge on any atom is -0.421 e. The summed E-state index contributed by atoms with van der Waals surface area (Å²) in [6, 6.07) is 7.93. The lowest BCUT2D eigenvalue weighted by atomic mass is 9.87. The Morgan fingerprint density at radius 3 is 2.73 bits per heavy atom. The van der Waals surface area contributed by atoms with E-state index in [2.05, 4.69) is 20.9 Å². The second kappa shape index (κ2) is 9.98. The largest absolute Gasteiger partial charge is 0.421 e. The van der Waals surface area contributed by atoms with E-state index in [0.717, 1.165) is 17.0 Å². The van der Waals surface area contributed by atoms with Gasteiger partial charge in [-0.2, -0.15) is 0 Å². The lowest BCUT2D eigenvalue weighted by molar-refractivity contribution is -0.121. The Morgan fingerprint density at radius 2 is 1.93 bits per heavy atom. The Hall–Kier alpha value is -2.54. The third-order valence-corrected chi connectivity index (χ3v) is 6.51. The van der Waals surface area contributed by atoms with Crippen LogP contribution in [-0.2, 0) is 17.6 Å². The summed E-state index contributed by atoms with van der Waals surface area (Å²) >= 11 is 1.71. The summed E-state index contributed by atoms with van der Waals surface area (Å²) in [6.07, 6.45) is 8.08. The van der Waals surface area contributed by atoms with Gasteiger partial charge in [0.1, 0.15) is 0 Å². The molecule has 1 aromatic carbocycles. The van der Waals surface area contributed by atoms with Crippen molar-refractivity contribution in [1.82, 2.24) is 20.5 Å². The fourth-order valence-corrected chi connectivity index (χ4v) is 4.69. The Kier molecular flexibility index (Phi) is 6.89. The predicted octanol–water partition coefficient (Wildman–Crippen LogP) is 4.84.